The highest BCUT2D eigenvalue weighted by Crippen LogP contribution is 2.32. The molecule has 1 aliphatic heterocycles. The van der Waals surface area contributed by atoms with Crippen molar-refractivity contribution in [2.45, 2.75) is 31.2 Å². The van der Waals surface area contributed by atoms with Crippen LogP contribution in [0.4, 0.5) is 0 Å². The SMILES string of the molecule is Cc1ccc(S(=O)(=O)N2CC(CN)CC2C)c(Br)c1.Cl. The maximum Gasteiger partial charge on any atom is 0.244 e. The smallest absolute Gasteiger partial charge is 0.244 e. The Labute approximate surface area is 135 Å². The van der Waals surface area contributed by atoms with Gasteiger partial charge < -0.3 is 5.73 Å². The number of nitrogens with zero attached hydrogens (tertiary/aromatic N) is 1. The van der Waals surface area contributed by atoms with Gasteiger partial charge in [-0.3, -0.25) is 0 Å². The van der Waals surface area contributed by atoms with Crippen molar-refractivity contribution in [2.75, 3.05) is 13.1 Å². The summed E-state index contributed by atoms with van der Waals surface area (Å²) in [5.74, 6) is 0.258. The van der Waals surface area contributed by atoms with E-state index in [4.69, 9.17) is 5.73 Å². The van der Waals surface area contributed by atoms with E-state index in [1.165, 1.54) is 0 Å². The van der Waals surface area contributed by atoms with Crippen molar-refractivity contribution in [3.63, 3.8) is 0 Å². The van der Waals surface area contributed by atoms with Gasteiger partial charge in [0.1, 0.15) is 0 Å². The van der Waals surface area contributed by atoms with Gasteiger partial charge in [0.05, 0.1) is 4.90 Å². The van der Waals surface area contributed by atoms with Gasteiger partial charge >= 0.3 is 0 Å². The minimum atomic E-state index is -3.45. The molecule has 0 saturated carbocycles. The minimum Gasteiger partial charge on any atom is -0.330 e. The summed E-state index contributed by atoms with van der Waals surface area (Å²) < 4.78 is 27.6. The van der Waals surface area contributed by atoms with Gasteiger partial charge in [0.15, 0.2) is 0 Å². The number of hydrogen-bond donors (Lipinski definition) is 1. The quantitative estimate of drug-likeness (QED) is 0.872. The number of halogens is 2. The van der Waals surface area contributed by atoms with Crippen molar-refractivity contribution in [3.05, 3.63) is 28.2 Å². The van der Waals surface area contributed by atoms with Crippen molar-refractivity contribution in [1.82, 2.24) is 4.31 Å². The Kier molecular flexibility index (Phi) is 6.04. The molecule has 7 heteroatoms. The molecule has 0 spiro atoms. The normalized spacial score (nSPS) is 23.6. The first-order valence-corrected chi connectivity index (χ1v) is 8.57. The van der Waals surface area contributed by atoms with Crippen LogP contribution in [-0.2, 0) is 10.0 Å². The molecule has 114 valence electrons. The number of nitrogens with two attached hydrogens (primary N) is 1. The summed E-state index contributed by atoms with van der Waals surface area (Å²) in [5.41, 5.74) is 6.69. The molecule has 2 unspecified atom stereocenters. The lowest BCUT2D eigenvalue weighted by Crippen LogP contribution is -2.34. The molecule has 1 aliphatic rings. The van der Waals surface area contributed by atoms with Gasteiger partial charge in [-0.1, -0.05) is 6.07 Å². The highest BCUT2D eigenvalue weighted by Gasteiger charge is 2.37. The summed E-state index contributed by atoms with van der Waals surface area (Å²) in [7, 11) is -3.45. The van der Waals surface area contributed by atoms with Crippen LogP contribution in [0, 0.1) is 12.8 Å². The van der Waals surface area contributed by atoms with Crippen LogP contribution in [-0.4, -0.2) is 31.9 Å². The molecule has 0 amide bonds. The van der Waals surface area contributed by atoms with E-state index in [1.807, 2.05) is 26.0 Å². The lowest BCUT2D eigenvalue weighted by atomic mass is 10.1. The van der Waals surface area contributed by atoms with E-state index in [1.54, 1.807) is 10.4 Å². The second kappa shape index (κ2) is 6.75. The standard InChI is InChI=1S/C13H19BrN2O2S.ClH/c1-9-3-4-13(12(14)5-9)19(17,18)16-8-11(7-15)6-10(16)2;/h3-5,10-11H,6-8,15H2,1-2H3;1H. The molecule has 1 saturated heterocycles. The van der Waals surface area contributed by atoms with E-state index in [0.29, 0.717) is 22.5 Å². The van der Waals surface area contributed by atoms with Gasteiger partial charge in [0, 0.05) is 17.1 Å². The summed E-state index contributed by atoms with van der Waals surface area (Å²) in [6.07, 6.45) is 0.833. The average molecular weight is 384 g/mol. The third-order valence-electron chi connectivity index (χ3n) is 3.61. The topological polar surface area (TPSA) is 63.4 Å². The zero-order valence-corrected chi connectivity index (χ0v) is 14.8. The van der Waals surface area contributed by atoms with E-state index in [2.05, 4.69) is 15.9 Å². The van der Waals surface area contributed by atoms with Crippen molar-refractivity contribution in [3.8, 4) is 0 Å². The van der Waals surface area contributed by atoms with Crippen LogP contribution >= 0.6 is 28.3 Å². The molecule has 2 atom stereocenters. The van der Waals surface area contributed by atoms with E-state index in [9.17, 15) is 8.42 Å². The monoisotopic (exact) mass is 382 g/mol. The second-order valence-electron chi connectivity index (χ2n) is 5.20. The largest absolute Gasteiger partial charge is 0.330 e. The Morgan fingerprint density at radius 1 is 1.45 bits per heavy atom. The molecule has 0 aliphatic carbocycles. The first-order chi connectivity index (χ1) is 8.86. The molecular formula is C13H20BrClN2O2S. The molecule has 2 rings (SSSR count). The fourth-order valence-corrected chi connectivity index (χ4v) is 5.43. The van der Waals surface area contributed by atoms with Crippen LogP contribution in [0.15, 0.2) is 27.6 Å². The second-order valence-corrected chi connectivity index (χ2v) is 7.91. The Morgan fingerprint density at radius 2 is 2.10 bits per heavy atom. The van der Waals surface area contributed by atoms with Crippen molar-refractivity contribution in [1.29, 1.82) is 0 Å². The lowest BCUT2D eigenvalue weighted by Gasteiger charge is -2.21. The van der Waals surface area contributed by atoms with Gasteiger partial charge in [-0.25, -0.2) is 8.42 Å². The highest BCUT2D eigenvalue weighted by atomic mass is 79.9. The highest BCUT2D eigenvalue weighted by molar-refractivity contribution is 9.10. The maximum absolute atomic E-state index is 12.7. The van der Waals surface area contributed by atoms with Gasteiger partial charge in [-0.15, -0.1) is 12.4 Å². The summed E-state index contributed by atoms with van der Waals surface area (Å²) in [6, 6.07) is 5.32. The summed E-state index contributed by atoms with van der Waals surface area (Å²) >= 11 is 3.35. The van der Waals surface area contributed by atoms with Crippen molar-refractivity contribution >= 4 is 38.4 Å². The molecule has 1 heterocycles. The fraction of sp³-hybridized carbons (Fsp3) is 0.538. The fourth-order valence-electron chi connectivity index (χ4n) is 2.56. The molecule has 1 aromatic rings. The molecule has 0 bridgehead atoms. The van der Waals surface area contributed by atoms with Crippen LogP contribution < -0.4 is 5.73 Å². The molecular weight excluding hydrogens is 364 g/mol. The minimum absolute atomic E-state index is 0. The third kappa shape index (κ3) is 3.36. The molecule has 2 N–H and O–H groups in total. The van der Waals surface area contributed by atoms with Gasteiger partial charge in [-0.05, 0) is 66.4 Å². The predicted octanol–water partition coefficient (Wildman–Crippen LogP) is 2.54. The van der Waals surface area contributed by atoms with E-state index in [0.717, 1.165) is 12.0 Å². The number of sulfonamides is 1. The van der Waals surface area contributed by atoms with Gasteiger partial charge in [0.25, 0.3) is 0 Å². The van der Waals surface area contributed by atoms with E-state index < -0.39 is 10.0 Å². The average Bonchev–Trinajstić information content (AvgIpc) is 2.70. The first-order valence-electron chi connectivity index (χ1n) is 6.34. The lowest BCUT2D eigenvalue weighted by molar-refractivity contribution is 0.404. The van der Waals surface area contributed by atoms with Crippen LogP contribution in [0.25, 0.3) is 0 Å². The Bertz CT molecular complexity index is 580. The van der Waals surface area contributed by atoms with Crippen LogP contribution in [0.1, 0.15) is 18.9 Å². The van der Waals surface area contributed by atoms with Crippen LogP contribution in [0.2, 0.25) is 0 Å². The first kappa shape index (κ1) is 17.9. The zero-order chi connectivity index (χ0) is 14.2. The summed E-state index contributed by atoms with van der Waals surface area (Å²) in [4.78, 5) is 0.336. The molecule has 4 nitrogen and oxygen atoms in total. The summed E-state index contributed by atoms with van der Waals surface area (Å²) in [5, 5.41) is 0. The Morgan fingerprint density at radius 3 is 2.60 bits per heavy atom. The number of hydrogen-bond acceptors (Lipinski definition) is 3. The third-order valence-corrected chi connectivity index (χ3v) is 6.57. The number of benzene rings is 1. The summed E-state index contributed by atoms with van der Waals surface area (Å²) in [6.45, 7) is 4.92. The van der Waals surface area contributed by atoms with Gasteiger partial charge in [0.2, 0.25) is 10.0 Å². The molecule has 0 aromatic heterocycles. The van der Waals surface area contributed by atoms with E-state index in [-0.39, 0.29) is 24.4 Å². The van der Waals surface area contributed by atoms with E-state index >= 15 is 0 Å². The van der Waals surface area contributed by atoms with Gasteiger partial charge in [-0.2, -0.15) is 4.31 Å². The van der Waals surface area contributed by atoms with Crippen molar-refractivity contribution in [2.24, 2.45) is 11.7 Å². The maximum atomic E-state index is 12.7. The zero-order valence-electron chi connectivity index (χ0n) is 11.5. The Hall–Kier alpha value is -0.140. The molecule has 1 fully saturated rings. The molecule has 1 aromatic carbocycles. The van der Waals surface area contributed by atoms with Crippen molar-refractivity contribution < 1.29 is 8.42 Å². The number of rotatable bonds is 3. The Balaban J connectivity index is 0.00000200. The van der Waals surface area contributed by atoms with Crippen LogP contribution in [0.3, 0.4) is 0 Å². The molecule has 20 heavy (non-hydrogen) atoms. The number of aryl methyl sites for hydroxylation is 1. The van der Waals surface area contributed by atoms with Crippen LogP contribution in [0.5, 0.6) is 0 Å². The predicted molar refractivity (Wildman–Crippen MR) is 86.6 cm³/mol. The molecule has 0 radical (unpaired) electrons.